The van der Waals surface area contributed by atoms with Crippen molar-refractivity contribution in [2.45, 2.75) is 58.8 Å². The maximum absolute atomic E-state index is 4.02. The van der Waals surface area contributed by atoms with Crippen molar-refractivity contribution in [1.29, 1.82) is 0 Å². The molecule has 0 spiro atoms. The Balaban J connectivity index is 1.21. The first-order valence-corrected chi connectivity index (χ1v) is 23.2. The quantitative estimate of drug-likeness (QED) is 0.120. The van der Waals surface area contributed by atoms with Crippen molar-refractivity contribution in [3.63, 3.8) is 0 Å². The van der Waals surface area contributed by atoms with Gasteiger partial charge in [-0.05, 0) is 101 Å². The molecule has 62 heavy (non-hydrogen) atoms. The first-order chi connectivity index (χ1) is 30.3. The normalized spacial score (nSPS) is 12.6. The Morgan fingerprint density at radius 3 is 1.94 bits per heavy atom. The summed E-state index contributed by atoms with van der Waals surface area (Å²) in [4.78, 5) is 0. The number of rotatable bonds is 8. The van der Waals surface area contributed by atoms with Gasteiger partial charge >= 0.3 is 0 Å². The van der Waals surface area contributed by atoms with Gasteiger partial charge in [0.05, 0.1) is 27.8 Å². The van der Waals surface area contributed by atoms with Crippen LogP contribution in [0.15, 0.2) is 158 Å². The molecule has 0 aliphatic carbocycles. The number of benzene rings is 8. The molecule has 0 saturated heterocycles. The number of thiophene rings is 1. The minimum Gasteiger partial charge on any atom is -0.355 e. The molecule has 5 heteroatoms. The molecule has 1 N–H and O–H groups in total. The lowest BCUT2D eigenvalue weighted by Gasteiger charge is -2.26. The molecule has 0 saturated carbocycles. The molecule has 0 atom stereocenters. The average molecular weight is 818 g/mol. The molecule has 1 aliphatic rings. The summed E-state index contributed by atoms with van der Waals surface area (Å²) < 4.78 is 7.77. The van der Waals surface area contributed by atoms with Gasteiger partial charge in [-0.1, -0.05) is 143 Å². The van der Waals surface area contributed by atoms with E-state index in [0.29, 0.717) is 0 Å². The van der Waals surface area contributed by atoms with Crippen LogP contribution >= 0.6 is 11.3 Å². The predicted molar refractivity (Wildman–Crippen MR) is 272 cm³/mol. The Hall–Kier alpha value is -6.56. The van der Waals surface area contributed by atoms with Crippen LogP contribution in [0.2, 0.25) is 0 Å². The number of nitrogens with one attached hydrogen (secondary N) is 1. The number of para-hydroxylation sites is 3. The van der Waals surface area contributed by atoms with Gasteiger partial charge in [0.1, 0.15) is 0 Å². The second-order valence-electron chi connectivity index (χ2n) is 18.4. The van der Waals surface area contributed by atoms with Gasteiger partial charge in [-0.25, -0.2) is 0 Å². The number of aromatic nitrogens is 2. The number of anilines is 2. The van der Waals surface area contributed by atoms with E-state index < -0.39 is 0 Å². The summed E-state index contributed by atoms with van der Waals surface area (Å²) in [6.45, 7) is 9.14. The Morgan fingerprint density at radius 1 is 0.565 bits per heavy atom. The molecule has 0 amide bonds. The van der Waals surface area contributed by atoms with Crippen LogP contribution < -0.4 is 16.2 Å². The zero-order valence-electron chi connectivity index (χ0n) is 35.8. The van der Waals surface area contributed by atoms with Gasteiger partial charge in [0, 0.05) is 64.3 Å². The molecule has 4 heterocycles. The van der Waals surface area contributed by atoms with Crippen molar-refractivity contribution < 1.29 is 0 Å². The van der Waals surface area contributed by atoms with Crippen molar-refractivity contribution in [3.05, 3.63) is 169 Å². The van der Waals surface area contributed by atoms with Crippen molar-refractivity contribution in [3.8, 4) is 22.5 Å². The molecule has 1 aliphatic heterocycles. The van der Waals surface area contributed by atoms with Crippen LogP contribution in [0.25, 0.3) is 86.3 Å². The molecule has 3 aromatic heterocycles. The van der Waals surface area contributed by atoms with Crippen LogP contribution in [-0.2, 0) is 11.8 Å². The Kier molecular flexibility index (Phi) is 8.56. The molecular weight excluding hydrogens is 770 g/mol. The van der Waals surface area contributed by atoms with Gasteiger partial charge in [-0.15, -0.1) is 11.3 Å². The van der Waals surface area contributed by atoms with E-state index in [9.17, 15) is 0 Å². The maximum Gasteiger partial charge on any atom is 0.198 e. The molecule has 300 valence electrons. The second kappa shape index (κ2) is 14.3. The minimum absolute atomic E-state index is 0.0735. The number of unbranched alkanes of at least 4 members (excludes halogenated alkanes) is 2. The van der Waals surface area contributed by atoms with E-state index in [2.05, 4.69) is 200 Å². The number of aryl methyl sites for hydroxylation is 1. The zero-order chi connectivity index (χ0) is 41.7. The summed E-state index contributed by atoms with van der Waals surface area (Å²) >= 11 is 1.90. The van der Waals surface area contributed by atoms with E-state index in [0.717, 1.165) is 25.1 Å². The highest BCUT2D eigenvalue weighted by atomic mass is 32.1. The van der Waals surface area contributed by atoms with E-state index >= 15 is 0 Å². The van der Waals surface area contributed by atoms with Crippen molar-refractivity contribution in [2.24, 2.45) is 0 Å². The van der Waals surface area contributed by atoms with Gasteiger partial charge in [-0.2, -0.15) is 0 Å². The van der Waals surface area contributed by atoms with Crippen LogP contribution in [0.1, 0.15) is 58.1 Å². The first kappa shape index (κ1) is 37.2. The second-order valence-corrected chi connectivity index (χ2v) is 19.5. The van der Waals surface area contributed by atoms with Gasteiger partial charge in [0.2, 0.25) is 0 Å². The fourth-order valence-electron chi connectivity index (χ4n) is 10.5. The summed E-state index contributed by atoms with van der Waals surface area (Å²) in [5.74, 6) is 0. The SMILES string of the molecule is CCCCCc1ccc2c(c1)Bc1c(-c3cc4sc5ccccc5c4cc3Nc3ccc(C(C)(C)C)cc3)cc(-n3c4ccccc4c4ccccc43)c3c4ccccc4n-2c13. The van der Waals surface area contributed by atoms with E-state index in [1.807, 2.05) is 11.3 Å². The largest absolute Gasteiger partial charge is 0.355 e. The summed E-state index contributed by atoms with van der Waals surface area (Å²) in [6, 6.07) is 59.7. The number of nitrogens with zero attached hydrogens (tertiary/aromatic N) is 2. The Morgan fingerprint density at radius 2 is 1.23 bits per heavy atom. The third-order valence-corrected chi connectivity index (χ3v) is 14.6. The highest BCUT2D eigenvalue weighted by Crippen LogP contribution is 2.46. The highest BCUT2D eigenvalue weighted by Gasteiger charge is 2.30. The lowest BCUT2D eigenvalue weighted by atomic mass is 9.58. The van der Waals surface area contributed by atoms with Crippen molar-refractivity contribution >= 4 is 105 Å². The summed E-state index contributed by atoms with van der Waals surface area (Å²) in [6.07, 6.45) is 4.81. The highest BCUT2D eigenvalue weighted by molar-refractivity contribution is 7.25. The Bertz CT molecular complexity index is 3520. The van der Waals surface area contributed by atoms with E-state index in [4.69, 9.17) is 0 Å². The van der Waals surface area contributed by atoms with Gasteiger partial charge < -0.3 is 14.5 Å². The number of hydrogen-bond donors (Lipinski definition) is 1. The van der Waals surface area contributed by atoms with Gasteiger partial charge in [0.15, 0.2) is 7.28 Å². The lowest BCUT2D eigenvalue weighted by molar-refractivity contribution is 0.590. The van der Waals surface area contributed by atoms with Gasteiger partial charge in [-0.3, -0.25) is 0 Å². The van der Waals surface area contributed by atoms with Crippen molar-refractivity contribution in [2.75, 3.05) is 5.32 Å². The molecule has 8 aromatic carbocycles. The third kappa shape index (κ3) is 5.78. The molecule has 0 bridgehead atoms. The summed E-state index contributed by atoms with van der Waals surface area (Å²) in [5, 5.41) is 11.7. The third-order valence-electron chi connectivity index (χ3n) is 13.5. The number of hydrogen-bond acceptors (Lipinski definition) is 2. The van der Waals surface area contributed by atoms with Crippen LogP contribution in [0.5, 0.6) is 0 Å². The van der Waals surface area contributed by atoms with E-state index in [1.165, 1.54) is 128 Å². The van der Waals surface area contributed by atoms with Crippen LogP contribution in [0.3, 0.4) is 0 Å². The molecule has 0 fully saturated rings. The summed E-state index contributed by atoms with van der Waals surface area (Å²) in [5.41, 5.74) is 17.8. The van der Waals surface area contributed by atoms with Gasteiger partial charge in [0.25, 0.3) is 0 Å². The topological polar surface area (TPSA) is 21.9 Å². The Labute approximate surface area is 367 Å². The molecular formula is C57H48BN3S. The minimum atomic E-state index is 0.0735. The average Bonchev–Trinajstić information content (AvgIpc) is 3.95. The van der Waals surface area contributed by atoms with Crippen molar-refractivity contribution in [1.82, 2.24) is 9.13 Å². The standard InChI is InChI=1S/C57H48BN3S/c1-5-6-7-16-35-25-30-50-45(31-35)58-55-44(42-34-53-43(40-19-11-15-24-52(40)62-53)32-46(42)59-37-28-26-36(27-29-37)57(2,3)4)33-51(54-41-20-10-14-23-49(41)61(50)56(54)55)60-47-21-12-8-17-38(47)39-18-9-13-22-48(39)60/h8-15,17-34,58-59H,5-7,16H2,1-4H3. The van der Waals surface area contributed by atoms with E-state index in [1.54, 1.807) is 0 Å². The molecule has 0 unspecified atom stereocenters. The zero-order valence-corrected chi connectivity index (χ0v) is 36.7. The fraction of sp³-hybridized carbons (Fsp3) is 0.158. The lowest BCUT2D eigenvalue weighted by Crippen LogP contribution is -2.37. The summed E-state index contributed by atoms with van der Waals surface area (Å²) in [7, 11) is 0.858. The number of fused-ring (bicyclic) bond motifs is 11. The fourth-order valence-corrected chi connectivity index (χ4v) is 11.6. The smallest absolute Gasteiger partial charge is 0.198 e. The predicted octanol–water partition coefficient (Wildman–Crippen LogP) is 14.4. The van der Waals surface area contributed by atoms with Crippen LogP contribution in [0.4, 0.5) is 11.4 Å². The maximum atomic E-state index is 4.02. The first-order valence-electron chi connectivity index (χ1n) is 22.4. The molecule has 11 aromatic rings. The van der Waals surface area contributed by atoms with E-state index in [-0.39, 0.29) is 5.41 Å². The molecule has 12 rings (SSSR count). The van der Waals surface area contributed by atoms with Crippen LogP contribution in [-0.4, -0.2) is 16.4 Å². The molecule has 3 nitrogen and oxygen atoms in total. The molecule has 0 radical (unpaired) electrons. The monoisotopic (exact) mass is 817 g/mol. The van der Waals surface area contributed by atoms with Crippen LogP contribution in [0, 0.1) is 0 Å².